The summed E-state index contributed by atoms with van der Waals surface area (Å²) in [5.74, 6) is 0.332. The number of para-hydroxylation sites is 2. The van der Waals surface area contributed by atoms with Gasteiger partial charge in [-0.25, -0.2) is 4.98 Å². The number of hydrogen-bond acceptors (Lipinski definition) is 4. The molecule has 0 spiro atoms. The molecule has 0 amide bonds. The number of rotatable bonds is 3. The van der Waals surface area contributed by atoms with E-state index in [1.54, 1.807) is 0 Å². The average Bonchev–Trinajstić information content (AvgIpc) is 3.32. The number of nitriles is 1. The highest BCUT2D eigenvalue weighted by Gasteiger charge is 2.61. The van der Waals surface area contributed by atoms with Crippen molar-refractivity contribution in [2.75, 3.05) is 0 Å². The molecule has 1 saturated carbocycles. The number of nitrogens with zero attached hydrogens (tertiary/aromatic N) is 3. The van der Waals surface area contributed by atoms with Crippen LogP contribution in [0.2, 0.25) is 5.02 Å². The maximum atomic E-state index is 10.7. The summed E-state index contributed by atoms with van der Waals surface area (Å²) >= 11 is 11.7. The molecule has 5 nitrogen and oxygen atoms in total. The normalized spacial score (nSPS) is 27.0. The van der Waals surface area contributed by atoms with E-state index in [0.717, 1.165) is 42.3 Å². The summed E-state index contributed by atoms with van der Waals surface area (Å²) in [5.41, 5.74) is 1.16. The summed E-state index contributed by atoms with van der Waals surface area (Å²) in [6.07, 6.45) is 5.51. The molecule has 1 aliphatic heterocycles. The molecule has 31 heavy (non-hydrogen) atoms. The van der Waals surface area contributed by atoms with Crippen molar-refractivity contribution in [2.45, 2.75) is 54.9 Å². The van der Waals surface area contributed by atoms with Gasteiger partial charge in [0.1, 0.15) is 11.7 Å². The molecule has 2 aromatic carbocycles. The Hall–Kier alpha value is -2.49. The van der Waals surface area contributed by atoms with Crippen molar-refractivity contribution < 1.29 is 0 Å². The lowest BCUT2D eigenvalue weighted by atomic mass is 9.74. The van der Waals surface area contributed by atoms with Crippen LogP contribution < -0.4 is 0 Å². The zero-order valence-electron chi connectivity index (χ0n) is 17.1. The fourth-order valence-corrected chi connectivity index (χ4v) is 6.26. The van der Waals surface area contributed by atoms with E-state index in [1.807, 2.05) is 48.5 Å². The molecule has 7 heteroatoms. The summed E-state index contributed by atoms with van der Waals surface area (Å²) in [7, 11) is 0. The van der Waals surface area contributed by atoms with Gasteiger partial charge in [0.15, 0.2) is 5.41 Å². The van der Waals surface area contributed by atoms with Gasteiger partial charge in [0.2, 0.25) is 0 Å². The molecule has 3 atom stereocenters. The van der Waals surface area contributed by atoms with Gasteiger partial charge in [-0.1, -0.05) is 61.2 Å². The molecule has 1 aliphatic carbocycles. The van der Waals surface area contributed by atoms with Crippen molar-refractivity contribution in [3.8, 4) is 6.07 Å². The average molecular weight is 450 g/mol. The number of nitrogens with one attached hydrogen (secondary N) is 2. The maximum absolute atomic E-state index is 10.7. The molecule has 2 heterocycles. The summed E-state index contributed by atoms with van der Waals surface area (Å²) in [5, 5.41) is 20.2. The molecular formula is C24H24ClN5S. The molecular weight excluding hydrogens is 426 g/mol. The van der Waals surface area contributed by atoms with Crippen molar-refractivity contribution in [3.63, 3.8) is 0 Å². The monoisotopic (exact) mass is 449 g/mol. The molecule has 2 aliphatic rings. The molecule has 3 aromatic rings. The van der Waals surface area contributed by atoms with Gasteiger partial charge in [-0.05, 0) is 36.6 Å². The van der Waals surface area contributed by atoms with Crippen molar-refractivity contribution in [1.82, 2.24) is 14.9 Å². The van der Waals surface area contributed by atoms with Crippen LogP contribution in [0, 0.1) is 16.7 Å². The van der Waals surface area contributed by atoms with E-state index in [0.29, 0.717) is 10.8 Å². The van der Waals surface area contributed by atoms with Gasteiger partial charge in [0, 0.05) is 17.0 Å². The lowest BCUT2D eigenvalue weighted by molar-refractivity contribution is 0.238. The van der Waals surface area contributed by atoms with E-state index in [2.05, 4.69) is 16.0 Å². The van der Waals surface area contributed by atoms with Gasteiger partial charge in [0.25, 0.3) is 0 Å². The van der Waals surface area contributed by atoms with Crippen molar-refractivity contribution in [1.29, 1.82) is 10.7 Å². The number of likely N-dealkylation sites (tertiary alicyclic amines) is 1. The van der Waals surface area contributed by atoms with Crippen LogP contribution in [0.1, 0.15) is 49.4 Å². The number of H-pyrrole nitrogens is 1. The van der Waals surface area contributed by atoms with Crippen LogP contribution in [0.25, 0.3) is 11.0 Å². The van der Waals surface area contributed by atoms with Gasteiger partial charge in [0.05, 0.1) is 22.5 Å². The van der Waals surface area contributed by atoms with Gasteiger partial charge in [-0.2, -0.15) is 17.9 Å². The summed E-state index contributed by atoms with van der Waals surface area (Å²) in [6.45, 7) is 0. The third-order valence-corrected chi connectivity index (χ3v) is 7.72. The second-order valence-electron chi connectivity index (χ2n) is 8.48. The Morgan fingerprint density at radius 2 is 1.84 bits per heavy atom. The number of benzene rings is 2. The highest BCUT2D eigenvalue weighted by Crippen LogP contribution is 2.53. The first-order valence-electron chi connectivity index (χ1n) is 10.7. The van der Waals surface area contributed by atoms with Crippen LogP contribution in [0.15, 0.2) is 48.5 Å². The van der Waals surface area contributed by atoms with E-state index < -0.39 is 11.3 Å². The summed E-state index contributed by atoms with van der Waals surface area (Å²) in [4.78, 5) is 10.2. The lowest BCUT2D eigenvalue weighted by Gasteiger charge is -2.36. The standard InChI is InChI=1S/C24H24ClN5S/c25-17-11-5-4-10-16(17)20-21(31)30(15-8-2-1-3-9-15)22(27)24(20,14-26)23-28-18-12-6-7-13-19(18)29-23/h4-7,10-13,15,20-21,27,31H,1-3,8-9H2,(H,28,29). The zero-order chi connectivity index (χ0) is 21.6. The minimum atomic E-state index is -1.30. The fourth-order valence-electron chi connectivity index (χ4n) is 5.32. The first-order valence-corrected chi connectivity index (χ1v) is 11.6. The number of hydrogen-bond donors (Lipinski definition) is 3. The largest absolute Gasteiger partial charge is 0.343 e. The third kappa shape index (κ3) is 3.06. The Morgan fingerprint density at radius 3 is 2.55 bits per heavy atom. The highest BCUT2D eigenvalue weighted by atomic mass is 35.5. The minimum Gasteiger partial charge on any atom is -0.343 e. The first kappa shape index (κ1) is 20.4. The second kappa shape index (κ2) is 7.89. The van der Waals surface area contributed by atoms with E-state index in [1.165, 1.54) is 6.42 Å². The number of halogens is 1. The van der Waals surface area contributed by atoms with Crippen molar-refractivity contribution in [2.24, 2.45) is 0 Å². The summed E-state index contributed by atoms with van der Waals surface area (Å²) in [6, 6.07) is 18.0. The first-order chi connectivity index (χ1) is 15.1. The molecule has 0 radical (unpaired) electrons. The van der Waals surface area contributed by atoms with Crippen LogP contribution in [0.5, 0.6) is 0 Å². The molecule has 1 saturated heterocycles. The topological polar surface area (TPSA) is 79.6 Å². The fraction of sp³-hybridized carbons (Fsp3) is 0.375. The van der Waals surface area contributed by atoms with E-state index in [9.17, 15) is 10.7 Å². The third-order valence-electron chi connectivity index (χ3n) is 6.83. The van der Waals surface area contributed by atoms with Gasteiger partial charge >= 0.3 is 0 Å². The van der Waals surface area contributed by atoms with Gasteiger partial charge < -0.3 is 9.88 Å². The quantitative estimate of drug-likeness (QED) is 0.452. The number of imidazole rings is 1. The predicted molar refractivity (Wildman–Crippen MR) is 127 cm³/mol. The number of thiol groups is 1. The highest BCUT2D eigenvalue weighted by molar-refractivity contribution is 7.81. The van der Waals surface area contributed by atoms with Crippen LogP contribution in [-0.2, 0) is 5.41 Å². The molecule has 0 bridgehead atoms. The molecule has 5 rings (SSSR count). The molecule has 158 valence electrons. The van der Waals surface area contributed by atoms with E-state index in [4.69, 9.17) is 29.2 Å². The van der Waals surface area contributed by atoms with Gasteiger partial charge in [-0.3, -0.25) is 5.41 Å². The maximum Gasteiger partial charge on any atom is 0.181 e. The zero-order valence-corrected chi connectivity index (χ0v) is 18.7. The number of aromatic nitrogens is 2. The molecule has 1 aromatic heterocycles. The van der Waals surface area contributed by atoms with Crippen LogP contribution in [0.3, 0.4) is 0 Å². The van der Waals surface area contributed by atoms with Crippen molar-refractivity contribution >= 4 is 41.1 Å². The van der Waals surface area contributed by atoms with Crippen LogP contribution >= 0.6 is 24.2 Å². The Kier molecular flexibility index (Phi) is 5.19. The summed E-state index contributed by atoms with van der Waals surface area (Å²) < 4.78 is 0. The number of amidine groups is 1. The smallest absolute Gasteiger partial charge is 0.181 e. The number of fused-ring (bicyclic) bond motifs is 1. The molecule has 3 unspecified atom stereocenters. The van der Waals surface area contributed by atoms with E-state index >= 15 is 0 Å². The molecule has 2 N–H and O–H groups in total. The number of aromatic amines is 1. The van der Waals surface area contributed by atoms with Crippen LogP contribution in [0.4, 0.5) is 0 Å². The predicted octanol–water partition coefficient (Wildman–Crippen LogP) is 5.64. The Balaban J connectivity index is 1.73. The Labute approximate surface area is 192 Å². The minimum absolute atomic E-state index is 0.202. The van der Waals surface area contributed by atoms with Crippen LogP contribution in [-0.4, -0.2) is 32.1 Å². The molecule has 2 fully saturated rings. The Bertz CT molecular complexity index is 1140. The second-order valence-corrected chi connectivity index (χ2v) is 9.42. The Morgan fingerprint density at radius 1 is 1.13 bits per heavy atom. The van der Waals surface area contributed by atoms with Crippen molar-refractivity contribution in [3.05, 3.63) is 64.9 Å². The van der Waals surface area contributed by atoms with E-state index in [-0.39, 0.29) is 17.3 Å². The SMILES string of the molecule is N#CC1(c2nc3ccccc3[nH]2)C(=N)N(C2CCCCC2)C(S)C1c1ccccc1Cl. The van der Waals surface area contributed by atoms with Gasteiger partial charge in [-0.15, -0.1) is 0 Å². The lowest BCUT2D eigenvalue weighted by Crippen LogP contribution is -2.44.